The molecule has 0 aromatic carbocycles. The summed E-state index contributed by atoms with van der Waals surface area (Å²) in [5, 5.41) is 0. The van der Waals surface area contributed by atoms with E-state index in [0.717, 1.165) is 24.7 Å². The molecule has 0 bridgehead atoms. The van der Waals surface area contributed by atoms with Gasteiger partial charge in [0.05, 0.1) is 0 Å². The molecule has 76 valence electrons. The molecule has 0 saturated carbocycles. The van der Waals surface area contributed by atoms with Gasteiger partial charge in [-0.15, -0.1) is 13.2 Å². The Morgan fingerprint density at radius 2 is 2.08 bits per heavy atom. The minimum Gasteiger partial charge on any atom is -0.103 e. The van der Waals surface area contributed by atoms with E-state index in [-0.39, 0.29) is 0 Å². The lowest BCUT2D eigenvalue weighted by atomic mass is 9.87. The molecule has 0 fully saturated rings. The monoisotopic (exact) mass is 180 g/mol. The first kappa shape index (κ1) is 12.5. The largest absolute Gasteiger partial charge is 0.103 e. The Hall–Kier alpha value is -0.520. The van der Waals surface area contributed by atoms with Crippen molar-refractivity contribution in [3.05, 3.63) is 24.8 Å². The fourth-order valence-corrected chi connectivity index (χ4v) is 1.73. The second-order valence-corrected chi connectivity index (χ2v) is 4.30. The van der Waals surface area contributed by atoms with Crippen molar-refractivity contribution in [3.8, 4) is 0 Å². The van der Waals surface area contributed by atoms with Gasteiger partial charge in [0.1, 0.15) is 0 Å². The molecule has 0 aromatic rings. The topological polar surface area (TPSA) is 0 Å². The molecule has 0 saturated heterocycles. The van der Waals surface area contributed by atoms with Crippen molar-refractivity contribution >= 4 is 0 Å². The van der Waals surface area contributed by atoms with E-state index in [1.807, 2.05) is 6.08 Å². The predicted octanol–water partition coefficient (Wildman–Crippen LogP) is 4.58. The Balaban J connectivity index is 3.92. The number of allylic oxidation sites excluding steroid dienone is 2. The van der Waals surface area contributed by atoms with Gasteiger partial charge in [0.15, 0.2) is 0 Å². The van der Waals surface area contributed by atoms with Crippen LogP contribution in [0.3, 0.4) is 0 Å². The first-order chi connectivity index (χ1) is 6.10. The van der Waals surface area contributed by atoms with Crippen LogP contribution in [-0.2, 0) is 0 Å². The molecular formula is C13H24. The van der Waals surface area contributed by atoms with Crippen molar-refractivity contribution in [3.63, 3.8) is 0 Å². The van der Waals surface area contributed by atoms with Gasteiger partial charge in [-0.05, 0) is 38.0 Å². The summed E-state index contributed by atoms with van der Waals surface area (Å²) in [5.74, 6) is 1.61. The molecule has 0 aliphatic rings. The Morgan fingerprint density at radius 1 is 1.46 bits per heavy atom. The number of hydrogen-bond acceptors (Lipinski definition) is 0. The van der Waals surface area contributed by atoms with Gasteiger partial charge in [0.2, 0.25) is 0 Å². The molecule has 0 rings (SSSR count). The maximum Gasteiger partial charge on any atom is -0.0294 e. The first-order valence-electron chi connectivity index (χ1n) is 5.35. The molecule has 0 aliphatic carbocycles. The molecule has 2 unspecified atom stereocenters. The third-order valence-corrected chi connectivity index (χ3v) is 2.57. The van der Waals surface area contributed by atoms with Crippen LogP contribution in [0.5, 0.6) is 0 Å². The standard InChI is InChI=1S/C13H24/c1-6-8-13(9-11(3)4)10-12(5)7-2/h6,12-13H,1,3,7-10H2,2,4-5H3. The van der Waals surface area contributed by atoms with Crippen LogP contribution in [0.2, 0.25) is 0 Å². The van der Waals surface area contributed by atoms with Crippen LogP contribution < -0.4 is 0 Å². The summed E-state index contributed by atoms with van der Waals surface area (Å²) in [6, 6.07) is 0. The van der Waals surface area contributed by atoms with Crippen molar-refractivity contribution in [2.24, 2.45) is 11.8 Å². The average Bonchev–Trinajstić information content (AvgIpc) is 2.03. The Kier molecular flexibility index (Phi) is 6.66. The number of rotatable bonds is 7. The fraction of sp³-hybridized carbons (Fsp3) is 0.692. The average molecular weight is 180 g/mol. The quantitative estimate of drug-likeness (QED) is 0.503. The van der Waals surface area contributed by atoms with Crippen LogP contribution in [0.25, 0.3) is 0 Å². The molecule has 0 heterocycles. The van der Waals surface area contributed by atoms with Crippen LogP contribution >= 0.6 is 0 Å². The van der Waals surface area contributed by atoms with Gasteiger partial charge in [0.25, 0.3) is 0 Å². The van der Waals surface area contributed by atoms with Crippen molar-refractivity contribution in [2.75, 3.05) is 0 Å². The van der Waals surface area contributed by atoms with E-state index < -0.39 is 0 Å². The molecule has 0 amide bonds. The Bertz CT molecular complexity index is 155. The van der Waals surface area contributed by atoms with E-state index in [0.29, 0.717) is 0 Å². The summed E-state index contributed by atoms with van der Waals surface area (Å²) in [4.78, 5) is 0. The lowest BCUT2D eigenvalue weighted by Crippen LogP contribution is -2.05. The van der Waals surface area contributed by atoms with Crippen molar-refractivity contribution < 1.29 is 0 Å². The van der Waals surface area contributed by atoms with Crippen LogP contribution in [0, 0.1) is 11.8 Å². The zero-order valence-corrected chi connectivity index (χ0v) is 9.47. The van der Waals surface area contributed by atoms with E-state index in [1.165, 1.54) is 18.4 Å². The Labute approximate surface area is 83.7 Å². The first-order valence-corrected chi connectivity index (χ1v) is 5.35. The summed E-state index contributed by atoms with van der Waals surface area (Å²) in [5.41, 5.74) is 1.30. The summed E-state index contributed by atoms with van der Waals surface area (Å²) in [6.45, 7) is 14.5. The molecule has 0 spiro atoms. The normalized spacial score (nSPS) is 15.0. The van der Waals surface area contributed by atoms with Gasteiger partial charge >= 0.3 is 0 Å². The summed E-state index contributed by atoms with van der Waals surface area (Å²) >= 11 is 0. The van der Waals surface area contributed by atoms with E-state index in [1.54, 1.807) is 0 Å². The highest BCUT2D eigenvalue weighted by atomic mass is 14.2. The maximum absolute atomic E-state index is 3.98. The third kappa shape index (κ3) is 6.62. The van der Waals surface area contributed by atoms with Crippen molar-refractivity contribution in [1.29, 1.82) is 0 Å². The molecule has 0 heteroatoms. The van der Waals surface area contributed by atoms with E-state index in [4.69, 9.17) is 0 Å². The van der Waals surface area contributed by atoms with Gasteiger partial charge in [-0.3, -0.25) is 0 Å². The lowest BCUT2D eigenvalue weighted by Gasteiger charge is -2.18. The second-order valence-electron chi connectivity index (χ2n) is 4.30. The van der Waals surface area contributed by atoms with Crippen molar-refractivity contribution in [1.82, 2.24) is 0 Å². The highest BCUT2D eigenvalue weighted by molar-refractivity contribution is 4.92. The molecule has 0 radical (unpaired) electrons. The van der Waals surface area contributed by atoms with E-state index in [2.05, 4.69) is 33.9 Å². The summed E-state index contributed by atoms with van der Waals surface area (Å²) < 4.78 is 0. The zero-order valence-electron chi connectivity index (χ0n) is 9.47. The van der Waals surface area contributed by atoms with Crippen LogP contribution in [0.1, 0.15) is 46.5 Å². The smallest absolute Gasteiger partial charge is 0.0294 e. The second kappa shape index (κ2) is 6.94. The Morgan fingerprint density at radius 3 is 2.46 bits per heavy atom. The molecule has 13 heavy (non-hydrogen) atoms. The minimum atomic E-state index is 0.768. The van der Waals surface area contributed by atoms with Crippen LogP contribution in [-0.4, -0.2) is 0 Å². The summed E-state index contributed by atoms with van der Waals surface area (Å²) in [7, 11) is 0. The number of hydrogen-bond donors (Lipinski definition) is 0. The zero-order chi connectivity index (χ0) is 10.3. The third-order valence-electron chi connectivity index (χ3n) is 2.57. The highest BCUT2D eigenvalue weighted by Gasteiger charge is 2.10. The van der Waals surface area contributed by atoms with Gasteiger partial charge in [-0.2, -0.15) is 0 Å². The van der Waals surface area contributed by atoms with Crippen molar-refractivity contribution in [2.45, 2.75) is 46.5 Å². The van der Waals surface area contributed by atoms with Gasteiger partial charge in [0, 0.05) is 0 Å². The maximum atomic E-state index is 3.98. The molecule has 0 aliphatic heterocycles. The van der Waals surface area contributed by atoms with Gasteiger partial charge < -0.3 is 0 Å². The van der Waals surface area contributed by atoms with E-state index >= 15 is 0 Å². The molecule has 0 nitrogen and oxygen atoms in total. The molecule has 0 N–H and O–H groups in total. The molecule has 0 aromatic heterocycles. The van der Waals surface area contributed by atoms with Gasteiger partial charge in [-0.1, -0.05) is 31.9 Å². The highest BCUT2D eigenvalue weighted by Crippen LogP contribution is 2.24. The predicted molar refractivity (Wildman–Crippen MR) is 61.8 cm³/mol. The van der Waals surface area contributed by atoms with Crippen LogP contribution in [0.4, 0.5) is 0 Å². The molecule has 2 atom stereocenters. The lowest BCUT2D eigenvalue weighted by molar-refractivity contribution is 0.382. The fourth-order valence-electron chi connectivity index (χ4n) is 1.73. The SMILES string of the molecule is C=CCC(CC(=C)C)CC(C)CC. The van der Waals surface area contributed by atoms with E-state index in [9.17, 15) is 0 Å². The van der Waals surface area contributed by atoms with Gasteiger partial charge in [-0.25, -0.2) is 0 Å². The minimum absolute atomic E-state index is 0.768. The molecular weight excluding hydrogens is 156 g/mol. The van der Waals surface area contributed by atoms with Crippen LogP contribution in [0.15, 0.2) is 24.8 Å². The summed E-state index contributed by atoms with van der Waals surface area (Å²) in [6.07, 6.45) is 6.93.